The summed E-state index contributed by atoms with van der Waals surface area (Å²) in [5.74, 6) is 0.148. The molecule has 0 spiro atoms. The molecule has 0 bridgehead atoms. The fourth-order valence-corrected chi connectivity index (χ4v) is 1.37. The standard InChI is InChI=1S/C8H14N2O3/c1-5-7(11)3-2-6(4-9-5)10-8(12)13/h5-6,9-10H,2-4H2,1H3,(H,12,13)/t5-,6-/m0/s1. The Morgan fingerprint density at radius 3 is 3.00 bits per heavy atom. The third-order valence-corrected chi connectivity index (χ3v) is 2.22. The quantitative estimate of drug-likeness (QED) is 0.537. The van der Waals surface area contributed by atoms with E-state index in [1.807, 2.05) is 0 Å². The third kappa shape index (κ3) is 3.02. The summed E-state index contributed by atoms with van der Waals surface area (Å²) < 4.78 is 0. The van der Waals surface area contributed by atoms with Gasteiger partial charge in [0, 0.05) is 19.0 Å². The summed E-state index contributed by atoms with van der Waals surface area (Å²) in [7, 11) is 0. The van der Waals surface area contributed by atoms with Crippen LogP contribution in [0, 0.1) is 0 Å². The molecule has 13 heavy (non-hydrogen) atoms. The van der Waals surface area contributed by atoms with Crippen molar-refractivity contribution in [3.8, 4) is 0 Å². The predicted molar refractivity (Wildman–Crippen MR) is 46.7 cm³/mol. The normalized spacial score (nSPS) is 29.5. The van der Waals surface area contributed by atoms with Crippen molar-refractivity contribution in [1.82, 2.24) is 10.6 Å². The third-order valence-electron chi connectivity index (χ3n) is 2.22. The maximum absolute atomic E-state index is 11.2. The first-order valence-corrected chi connectivity index (χ1v) is 4.35. The van der Waals surface area contributed by atoms with Crippen molar-refractivity contribution in [3.05, 3.63) is 0 Å². The molecule has 1 aliphatic heterocycles. The van der Waals surface area contributed by atoms with Crippen molar-refractivity contribution in [2.24, 2.45) is 0 Å². The Hall–Kier alpha value is -1.10. The van der Waals surface area contributed by atoms with Gasteiger partial charge in [0.25, 0.3) is 0 Å². The number of carbonyl (C=O) groups is 2. The van der Waals surface area contributed by atoms with Crippen LogP contribution in [0.3, 0.4) is 0 Å². The molecular formula is C8H14N2O3. The van der Waals surface area contributed by atoms with Crippen molar-refractivity contribution in [2.75, 3.05) is 6.54 Å². The van der Waals surface area contributed by atoms with Gasteiger partial charge in [0.15, 0.2) is 0 Å². The summed E-state index contributed by atoms with van der Waals surface area (Å²) in [4.78, 5) is 21.5. The number of hydrogen-bond donors (Lipinski definition) is 3. The van der Waals surface area contributed by atoms with Gasteiger partial charge < -0.3 is 15.7 Å². The van der Waals surface area contributed by atoms with Gasteiger partial charge in [-0.1, -0.05) is 0 Å². The first-order valence-electron chi connectivity index (χ1n) is 4.35. The molecule has 1 aliphatic rings. The molecule has 5 heteroatoms. The van der Waals surface area contributed by atoms with Crippen LogP contribution in [0.15, 0.2) is 0 Å². The summed E-state index contributed by atoms with van der Waals surface area (Å²) >= 11 is 0. The maximum atomic E-state index is 11.2. The van der Waals surface area contributed by atoms with Crippen LogP contribution in [0.2, 0.25) is 0 Å². The zero-order valence-electron chi connectivity index (χ0n) is 7.54. The van der Waals surface area contributed by atoms with Crippen LogP contribution < -0.4 is 10.6 Å². The van der Waals surface area contributed by atoms with E-state index in [-0.39, 0.29) is 17.9 Å². The van der Waals surface area contributed by atoms with Crippen LogP contribution in [-0.4, -0.2) is 35.6 Å². The van der Waals surface area contributed by atoms with E-state index < -0.39 is 6.09 Å². The number of carbonyl (C=O) groups excluding carboxylic acids is 1. The lowest BCUT2D eigenvalue weighted by Crippen LogP contribution is -2.42. The van der Waals surface area contributed by atoms with E-state index in [4.69, 9.17) is 5.11 Å². The smallest absolute Gasteiger partial charge is 0.404 e. The fraction of sp³-hybridized carbons (Fsp3) is 0.750. The minimum Gasteiger partial charge on any atom is -0.465 e. The van der Waals surface area contributed by atoms with Crippen LogP contribution in [0.5, 0.6) is 0 Å². The zero-order valence-corrected chi connectivity index (χ0v) is 7.54. The Morgan fingerprint density at radius 1 is 1.69 bits per heavy atom. The molecule has 0 aromatic carbocycles. The summed E-state index contributed by atoms with van der Waals surface area (Å²) in [5.41, 5.74) is 0. The molecule has 1 amide bonds. The molecule has 1 fully saturated rings. The van der Waals surface area contributed by atoms with E-state index in [0.717, 1.165) is 0 Å². The van der Waals surface area contributed by atoms with E-state index >= 15 is 0 Å². The first kappa shape index (κ1) is 9.98. The van der Waals surface area contributed by atoms with Crippen LogP contribution in [0.4, 0.5) is 4.79 Å². The predicted octanol–water partition coefficient (Wildman–Crippen LogP) is -0.0364. The van der Waals surface area contributed by atoms with Crippen molar-refractivity contribution >= 4 is 11.9 Å². The molecule has 0 radical (unpaired) electrons. The molecule has 2 atom stereocenters. The maximum Gasteiger partial charge on any atom is 0.404 e. The topological polar surface area (TPSA) is 78.4 Å². The number of nitrogens with one attached hydrogen (secondary N) is 2. The van der Waals surface area contributed by atoms with Crippen molar-refractivity contribution in [2.45, 2.75) is 31.8 Å². The summed E-state index contributed by atoms with van der Waals surface area (Å²) in [5, 5.41) is 13.8. The van der Waals surface area contributed by atoms with Crippen LogP contribution >= 0.6 is 0 Å². The Bertz CT molecular complexity index is 217. The second-order valence-electron chi connectivity index (χ2n) is 3.28. The summed E-state index contributed by atoms with van der Waals surface area (Å²) in [6.45, 7) is 2.32. The summed E-state index contributed by atoms with van der Waals surface area (Å²) in [6, 6.07) is -0.299. The Balaban J connectivity index is 2.44. The molecule has 0 saturated carbocycles. The molecule has 0 aromatic rings. The van der Waals surface area contributed by atoms with Crippen LogP contribution in [-0.2, 0) is 4.79 Å². The second-order valence-corrected chi connectivity index (χ2v) is 3.28. The Kier molecular flexibility index (Phi) is 3.25. The molecule has 1 heterocycles. The highest BCUT2D eigenvalue weighted by Crippen LogP contribution is 2.05. The number of hydrogen-bond acceptors (Lipinski definition) is 3. The van der Waals surface area contributed by atoms with Gasteiger partial charge in [-0.15, -0.1) is 0 Å². The number of carboxylic acid groups (broad SMARTS) is 1. The molecule has 0 unspecified atom stereocenters. The van der Waals surface area contributed by atoms with Gasteiger partial charge in [0.2, 0.25) is 0 Å². The van der Waals surface area contributed by atoms with Gasteiger partial charge in [-0.05, 0) is 13.3 Å². The molecule has 1 rings (SSSR count). The van der Waals surface area contributed by atoms with Crippen LogP contribution in [0.1, 0.15) is 19.8 Å². The second kappa shape index (κ2) is 4.23. The molecule has 3 N–H and O–H groups in total. The highest BCUT2D eigenvalue weighted by molar-refractivity contribution is 5.84. The monoisotopic (exact) mass is 186 g/mol. The lowest BCUT2D eigenvalue weighted by molar-refractivity contribution is -0.120. The average molecular weight is 186 g/mol. The largest absolute Gasteiger partial charge is 0.465 e. The minimum atomic E-state index is -1.03. The Morgan fingerprint density at radius 2 is 2.38 bits per heavy atom. The molecular weight excluding hydrogens is 172 g/mol. The first-order chi connectivity index (χ1) is 6.09. The van der Waals surface area contributed by atoms with E-state index in [1.165, 1.54) is 0 Å². The fourth-order valence-electron chi connectivity index (χ4n) is 1.37. The van der Waals surface area contributed by atoms with E-state index in [1.54, 1.807) is 6.92 Å². The zero-order chi connectivity index (χ0) is 9.84. The highest BCUT2D eigenvalue weighted by Gasteiger charge is 2.21. The number of Topliss-reactive ketones (excluding diaryl/α,β-unsaturated/α-hetero) is 1. The van der Waals surface area contributed by atoms with Crippen LogP contribution in [0.25, 0.3) is 0 Å². The molecule has 74 valence electrons. The lowest BCUT2D eigenvalue weighted by atomic mass is 10.1. The van der Waals surface area contributed by atoms with E-state index in [2.05, 4.69) is 10.6 Å². The molecule has 5 nitrogen and oxygen atoms in total. The highest BCUT2D eigenvalue weighted by atomic mass is 16.4. The Labute approximate surface area is 76.5 Å². The van der Waals surface area contributed by atoms with Gasteiger partial charge >= 0.3 is 6.09 Å². The molecule has 0 aliphatic carbocycles. The van der Waals surface area contributed by atoms with Gasteiger partial charge in [-0.3, -0.25) is 4.79 Å². The summed E-state index contributed by atoms with van der Waals surface area (Å²) in [6.07, 6.45) is -0.00416. The van der Waals surface area contributed by atoms with Crippen molar-refractivity contribution < 1.29 is 14.7 Å². The van der Waals surface area contributed by atoms with Crippen molar-refractivity contribution in [1.29, 1.82) is 0 Å². The number of ketones is 1. The average Bonchev–Trinajstić information content (AvgIpc) is 2.19. The van der Waals surface area contributed by atoms with E-state index in [9.17, 15) is 9.59 Å². The van der Waals surface area contributed by atoms with Crippen molar-refractivity contribution in [3.63, 3.8) is 0 Å². The van der Waals surface area contributed by atoms with Gasteiger partial charge in [-0.2, -0.15) is 0 Å². The van der Waals surface area contributed by atoms with Gasteiger partial charge in [-0.25, -0.2) is 4.79 Å². The van der Waals surface area contributed by atoms with Gasteiger partial charge in [0.1, 0.15) is 5.78 Å². The van der Waals surface area contributed by atoms with E-state index in [0.29, 0.717) is 19.4 Å². The SMILES string of the molecule is C[C@@H]1NC[C@@H](NC(=O)O)CCC1=O. The lowest BCUT2D eigenvalue weighted by Gasteiger charge is -2.13. The number of amides is 1. The molecule has 0 aromatic heterocycles. The molecule has 1 saturated heterocycles. The van der Waals surface area contributed by atoms with Gasteiger partial charge in [0.05, 0.1) is 6.04 Å². The minimum absolute atomic E-state index is 0.147. The number of rotatable bonds is 1.